The standard InChI is InChI=1S/C16H13N3O6S/c1-10(15(20)17-12-7-3-4-8-13(12)19(22)23)18-16(21)11-6-2-5-9-14(11)26(18,24)25/h2-10H,1H3,(H,17,20)/t10-/m1/s1. The zero-order chi connectivity index (χ0) is 19.1. The van der Waals surface area contributed by atoms with E-state index >= 15 is 0 Å². The third-order valence-electron chi connectivity index (χ3n) is 3.94. The van der Waals surface area contributed by atoms with E-state index in [-0.39, 0.29) is 21.8 Å². The zero-order valence-corrected chi connectivity index (χ0v) is 14.3. The molecule has 0 saturated carbocycles. The molecular formula is C16H13N3O6S. The molecule has 0 fully saturated rings. The summed E-state index contributed by atoms with van der Waals surface area (Å²) in [5, 5.41) is 13.3. The predicted molar refractivity (Wildman–Crippen MR) is 91.0 cm³/mol. The van der Waals surface area contributed by atoms with Crippen molar-refractivity contribution in [2.24, 2.45) is 0 Å². The van der Waals surface area contributed by atoms with Crippen molar-refractivity contribution in [1.82, 2.24) is 4.31 Å². The maximum Gasteiger partial charge on any atom is 0.292 e. The number of benzene rings is 2. The molecule has 1 heterocycles. The van der Waals surface area contributed by atoms with Crippen molar-refractivity contribution in [2.45, 2.75) is 17.9 Å². The average molecular weight is 375 g/mol. The van der Waals surface area contributed by atoms with Gasteiger partial charge in [-0.25, -0.2) is 12.7 Å². The highest BCUT2D eigenvalue weighted by Crippen LogP contribution is 2.32. The number of nitrogens with one attached hydrogen (secondary N) is 1. The van der Waals surface area contributed by atoms with E-state index in [9.17, 15) is 28.1 Å². The van der Waals surface area contributed by atoms with E-state index in [1.807, 2.05) is 0 Å². The summed E-state index contributed by atoms with van der Waals surface area (Å²) in [6.45, 7) is 1.24. The van der Waals surface area contributed by atoms with E-state index in [2.05, 4.69) is 5.32 Å². The molecule has 1 aliphatic heterocycles. The number of nitro benzene ring substituents is 1. The molecule has 2 aromatic rings. The summed E-state index contributed by atoms with van der Waals surface area (Å²) in [6.07, 6.45) is 0. The topological polar surface area (TPSA) is 127 Å². The van der Waals surface area contributed by atoms with Gasteiger partial charge in [0.15, 0.2) is 0 Å². The largest absolute Gasteiger partial charge is 0.319 e. The highest BCUT2D eigenvalue weighted by molar-refractivity contribution is 7.90. The van der Waals surface area contributed by atoms with Crippen LogP contribution in [-0.2, 0) is 14.8 Å². The van der Waals surface area contributed by atoms with Gasteiger partial charge >= 0.3 is 0 Å². The molecule has 2 aromatic carbocycles. The van der Waals surface area contributed by atoms with Gasteiger partial charge in [0.2, 0.25) is 5.91 Å². The van der Waals surface area contributed by atoms with Crippen molar-refractivity contribution >= 4 is 33.2 Å². The van der Waals surface area contributed by atoms with Crippen LogP contribution in [0.1, 0.15) is 17.3 Å². The summed E-state index contributed by atoms with van der Waals surface area (Å²) in [5.74, 6) is -1.67. The van der Waals surface area contributed by atoms with Gasteiger partial charge in [-0.3, -0.25) is 19.7 Å². The van der Waals surface area contributed by atoms with Crippen LogP contribution in [0.5, 0.6) is 0 Å². The molecule has 134 valence electrons. The minimum Gasteiger partial charge on any atom is -0.319 e. The van der Waals surface area contributed by atoms with E-state index in [0.29, 0.717) is 4.31 Å². The normalized spacial score (nSPS) is 16.0. The number of hydrogen-bond donors (Lipinski definition) is 1. The first kappa shape index (κ1) is 17.5. The molecule has 3 rings (SSSR count). The Kier molecular flexibility index (Phi) is 4.20. The lowest BCUT2D eigenvalue weighted by molar-refractivity contribution is -0.383. The van der Waals surface area contributed by atoms with Crippen LogP contribution in [0.15, 0.2) is 53.4 Å². The molecule has 2 amide bonds. The van der Waals surface area contributed by atoms with Gasteiger partial charge in [-0.15, -0.1) is 0 Å². The number of anilines is 1. The molecule has 0 aromatic heterocycles. The molecule has 0 unspecified atom stereocenters. The lowest BCUT2D eigenvalue weighted by Crippen LogP contribution is -2.45. The summed E-state index contributed by atoms with van der Waals surface area (Å²) >= 11 is 0. The highest BCUT2D eigenvalue weighted by atomic mass is 32.2. The fraction of sp³-hybridized carbons (Fsp3) is 0.125. The van der Waals surface area contributed by atoms with Gasteiger partial charge in [-0.05, 0) is 25.1 Å². The Balaban J connectivity index is 1.91. The number of carbonyl (C=O) groups excluding carboxylic acids is 2. The van der Waals surface area contributed by atoms with Crippen molar-refractivity contribution < 1.29 is 22.9 Å². The van der Waals surface area contributed by atoms with Crippen LogP contribution in [0.3, 0.4) is 0 Å². The molecule has 0 spiro atoms. The monoisotopic (exact) mass is 375 g/mol. The maximum atomic E-state index is 12.6. The van der Waals surface area contributed by atoms with Crippen LogP contribution in [0.2, 0.25) is 0 Å². The number of nitrogens with zero attached hydrogens (tertiary/aromatic N) is 2. The second-order valence-electron chi connectivity index (χ2n) is 5.54. The first-order valence-corrected chi connectivity index (χ1v) is 8.91. The summed E-state index contributed by atoms with van der Waals surface area (Å²) in [5.41, 5.74) is -0.444. The number of hydrogen-bond acceptors (Lipinski definition) is 6. The van der Waals surface area contributed by atoms with E-state index in [0.717, 1.165) is 0 Å². The molecule has 0 bridgehead atoms. The summed E-state index contributed by atoms with van der Waals surface area (Å²) in [6, 6.07) is 9.70. The fourth-order valence-corrected chi connectivity index (χ4v) is 4.39. The molecule has 26 heavy (non-hydrogen) atoms. The Labute approximate surface area is 148 Å². The van der Waals surface area contributed by atoms with Crippen LogP contribution in [0.25, 0.3) is 0 Å². The fourth-order valence-electron chi connectivity index (χ4n) is 2.67. The van der Waals surface area contributed by atoms with Gasteiger partial charge in [-0.1, -0.05) is 24.3 Å². The summed E-state index contributed by atoms with van der Waals surface area (Å²) in [7, 11) is -4.17. The minimum absolute atomic E-state index is 0.0159. The van der Waals surface area contributed by atoms with Gasteiger partial charge in [0, 0.05) is 6.07 Å². The van der Waals surface area contributed by atoms with Gasteiger partial charge in [0.1, 0.15) is 16.6 Å². The molecule has 0 saturated heterocycles. The Morgan fingerprint density at radius 3 is 2.42 bits per heavy atom. The van der Waals surface area contributed by atoms with Crippen LogP contribution >= 0.6 is 0 Å². The number of para-hydroxylation sites is 2. The number of fused-ring (bicyclic) bond motifs is 1. The molecule has 10 heteroatoms. The van der Waals surface area contributed by atoms with Crippen molar-refractivity contribution in [2.75, 3.05) is 5.32 Å². The Morgan fingerprint density at radius 1 is 1.15 bits per heavy atom. The summed E-state index contributed by atoms with van der Waals surface area (Å²) < 4.78 is 25.7. The predicted octanol–water partition coefficient (Wildman–Crippen LogP) is 1.77. The summed E-state index contributed by atoms with van der Waals surface area (Å²) in [4.78, 5) is 35.1. The average Bonchev–Trinajstić information content (AvgIpc) is 2.81. The Hall–Kier alpha value is -3.27. The Bertz CT molecular complexity index is 1030. The van der Waals surface area contributed by atoms with E-state index in [1.165, 1.54) is 55.5 Å². The van der Waals surface area contributed by atoms with Gasteiger partial charge in [-0.2, -0.15) is 0 Å². The van der Waals surface area contributed by atoms with Crippen LogP contribution in [0, 0.1) is 10.1 Å². The second-order valence-corrected chi connectivity index (χ2v) is 7.33. The maximum absolute atomic E-state index is 12.6. The van der Waals surface area contributed by atoms with Crippen molar-refractivity contribution in [3.8, 4) is 0 Å². The van der Waals surface area contributed by atoms with Crippen molar-refractivity contribution in [1.29, 1.82) is 0 Å². The Morgan fingerprint density at radius 2 is 1.77 bits per heavy atom. The van der Waals surface area contributed by atoms with Gasteiger partial charge < -0.3 is 5.32 Å². The molecule has 9 nitrogen and oxygen atoms in total. The molecule has 0 aliphatic carbocycles. The lowest BCUT2D eigenvalue weighted by Gasteiger charge is -2.22. The first-order chi connectivity index (χ1) is 12.2. The zero-order valence-electron chi connectivity index (χ0n) is 13.4. The van der Waals surface area contributed by atoms with E-state index < -0.39 is 32.8 Å². The van der Waals surface area contributed by atoms with Crippen LogP contribution in [-0.4, -0.2) is 35.5 Å². The van der Waals surface area contributed by atoms with Gasteiger partial charge in [0.05, 0.1) is 10.5 Å². The molecule has 1 atom stereocenters. The van der Waals surface area contributed by atoms with Crippen molar-refractivity contribution in [3.05, 3.63) is 64.2 Å². The second kappa shape index (κ2) is 6.23. The number of carbonyl (C=O) groups is 2. The van der Waals surface area contributed by atoms with E-state index in [1.54, 1.807) is 0 Å². The molecule has 0 radical (unpaired) electrons. The molecule has 1 aliphatic rings. The quantitative estimate of drug-likeness (QED) is 0.641. The molecular weight excluding hydrogens is 362 g/mol. The lowest BCUT2D eigenvalue weighted by atomic mass is 10.2. The SMILES string of the molecule is C[C@H](C(=O)Nc1ccccc1[N+](=O)[O-])N1C(=O)c2ccccc2S1(=O)=O. The van der Waals surface area contributed by atoms with E-state index in [4.69, 9.17) is 0 Å². The minimum atomic E-state index is -4.17. The number of rotatable bonds is 4. The third kappa shape index (κ3) is 2.69. The van der Waals surface area contributed by atoms with Gasteiger partial charge in [0.25, 0.3) is 21.6 Å². The molecule has 1 N–H and O–H groups in total. The third-order valence-corrected chi connectivity index (χ3v) is 5.86. The van der Waals surface area contributed by atoms with Crippen LogP contribution < -0.4 is 5.32 Å². The number of sulfonamides is 1. The highest BCUT2D eigenvalue weighted by Gasteiger charge is 2.45. The number of nitro groups is 1. The number of amides is 2. The van der Waals surface area contributed by atoms with Crippen molar-refractivity contribution in [3.63, 3.8) is 0 Å². The first-order valence-electron chi connectivity index (χ1n) is 7.47. The smallest absolute Gasteiger partial charge is 0.292 e. The van der Waals surface area contributed by atoms with Crippen LogP contribution in [0.4, 0.5) is 11.4 Å².